The summed E-state index contributed by atoms with van der Waals surface area (Å²) in [6.45, 7) is 3.26. The fourth-order valence-electron chi connectivity index (χ4n) is 2.16. The molecule has 0 aliphatic heterocycles. The topological polar surface area (TPSA) is 62.0 Å². The minimum absolute atomic E-state index is 0.0885. The maximum absolute atomic E-state index is 13.3. The van der Waals surface area contributed by atoms with E-state index in [1.165, 1.54) is 18.2 Å². The maximum atomic E-state index is 13.3. The molecule has 1 unspecified atom stereocenters. The smallest absolute Gasteiger partial charge is 0.364 e. The van der Waals surface area contributed by atoms with Crippen molar-refractivity contribution in [3.63, 3.8) is 0 Å². The largest absolute Gasteiger partial charge is 0.412 e. The van der Waals surface area contributed by atoms with Gasteiger partial charge in [-0.25, -0.2) is 0 Å². The van der Waals surface area contributed by atoms with E-state index < -0.39 is 23.6 Å². The van der Waals surface area contributed by atoms with Crippen LogP contribution in [0.3, 0.4) is 0 Å². The predicted molar refractivity (Wildman–Crippen MR) is 79.2 cm³/mol. The number of hydrogen-bond donors (Lipinski definition) is 2. The molecule has 0 saturated heterocycles. The summed E-state index contributed by atoms with van der Waals surface area (Å²) in [6.07, 6.45) is -3.57. The van der Waals surface area contributed by atoms with Crippen molar-refractivity contribution in [2.75, 3.05) is 0 Å². The van der Waals surface area contributed by atoms with E-state index in [-0.39, 0.29) is 11.1 Å². The minimum Gasteiger partial charge on any atom is -0.364 e. The van der Waals surface area contributed by atoms with Crippen LogP contribution in [0, 0.1) is 13.8 Å². The molecule has 23 heavy (non-hydrogen) atoms. The van der Waals surface area contributed by atoms with Gasteiger partial charge in [0.05, 0.1) is 0 Å². The Morgan fingerprint density at radius 2 is 1.91 bits per heavy atom. The Morgan fingerprint density at radius 1 is 1.22 bits per heavy atom. The van der Waals surface area contributed by atoms with Crippen LogP contribution in [0.2, 0.25) is 0 Å². The lowest BCUT2D eigenvalue weighted by Gasteiger charge is -2.22. The lowest BCUT2D eigenvalue weighted by Crippen LogP contribution is -2.39. The maximum Gasteiger partial charge on any atom is 0.412 e. The van der Waals surface area contributed by atoms with E-state index in [0.29, 0.717) is 11.3 Å². The number of H-pyrrole nitrogens is 1. The van der Waals surface area contributed by atoms with Crippen LogP contribution < -0.4 is 10.7 Å². The number of alkyl halides is 3. The molecule has 1 amide bonds. The lowest BCUT2D eigenvalue weighted by molar-refractivity contribution is -0.155. The minimum atomic E-state index is -4.68. The monoisotopic (exact) mass is 324 g/mol. The first-order chi connectivity index (χ1) is 10.7. The van der Waals surface area contributed by atoms with Crippen molar-refractivity contribution in [3.8, 4) is 0 Å². The number of carbonyl (C=O) groups is 1. The van der Waals surface area contributed by atoms with Gasteiger partial charge in [0.25, 0.3) is 5.91 Å². The number of aryl methyl sites for hydroxylation is 2. The highest BCUT2D eigenvalue weighted by Gasteiger charge is 2.42. The van der Waals surface area contributed by atoms with Crippen molar-refractivity contribution in [1.29, 1.82) is 0 Å². The summed E-state index contributed by atoms with van der Waals surface area (Å²) in [5, 5.41) is 1.89. The van der Waals surface area contributed by atoms with Crippen molar-refractivity contribution < 1.29 is 18.0 Å². The number of pyridine rings is 1. The van der Waals surface area contributed by atoms with Gasteiger partial charge in [0.2, 0.25) is 0 Å². The second-order valence-corrected chi connectivity index (χ2v) is 5.26. The van der Waals surface area contributed by atoms with Gasteiger partial charge in [-0.2, -0.15) is 13.2 Å². The van der Waals surface area contributed by atoms with Crippen LogP contribution in [0.5, 0.6) is 0 Å². The molecule has 2 aromatic rings. The van der Waals surface area contributed by atoms with E-state index in [2.05, 4.69) is 4.98 Å². The zero-order valence-electron chi connectivity index (χ0n) is 12.5. The third-order valence-electron chi connectivity index (χ3n) is 3.28. The number of rotatable bonds is 3. The average molecular weight is 324 g/mol. The van der Waals surface area contributed by atoms with Gasteiger partial charge in [-0.15, -0.1) is 0 Å². The van der Waals surface area contributed by atoms with Gasteiger partial charge in [-0.05, 0) is 19.4 Å². The molecule has 1 aromatic heterocycles. The Kier molecular flexibility index (Phi) is 4.58. The number of aromatic nitrogens is 1. The highest BCUT2D eigenvalue weighted by Crippen LogP contribution is 2.33. The molecule has 0 spiro atoms. The van der Waals surface area contributed by atoms with Crippen LogP contribution >= 0.6 is 0 Å². The van der Waals surface area contributed by atoms with E-state index in [0.717, 1.165) is 12.3 Å². The highest BCUT2D eigenvalue weighted by atomic mass is 19.4. The summed E-state index contributed by atoms with van der Waals surface area (Å²) in [5.74, 6) is -1.07. The third-order valence-corrected chi connectivity index (χ3v) is 3.28. The summed E-state index contributed by atoms with van der Waals surface area (Å²) in [6, 6.07) is 4.74. The SMILES string of the molecule is Cc1cccc(C(NC(=O)c2c[nH]c(C)cc2=O)C(F)(F)F)c1. The van der Waals surface area contributed by atoms with Crippen molar-refractivity contribution in [3.05, 3.63) is 69.1 Å². The number of amides is 1. The molecule has 0 aliphatic rings. The highest BCUT2D eigenvalue weighted by molar-refractivity contribution is 5.94. The second kappa shape index (κ2) is 6.28. The summed E-state index contributed by atoms with van der Waals surface area (Å²) in [5.41, 5.74) is 0.0626. The van der Waals surface area contributed by atoms with E-state index in [4.69, 9.17) is 0 Å². The number of aromatic amines is 1. The van der Waals surface area contributed by atoms with E-state index >= 15 is 0 Å². The fourth-order valence-corrected chi connectivity index (χ4v) is 2.16. The molecule has 1 aromatic carbocycles. The number of carbonyl (C=O) groups excluding carboxylic acids is 1. The average Bonchev–Trinajstić information content (AvgIpc) is 2.43. The number of nitrogens with one attached hydrogen (secondary N) is 2. The molecule has 1 heterocycles. The summed E-state index contributed by atoms with van der Waals surface area (Å²) < 4.78 is 39.8. The van der Waals surface area contributed by atoms with Gasteiger partial charge < -0.3 is 10.3 Å². The van der Waals surface area contributed by atoms with E-state index in [1.807, 2.05) is 5.32 Å². The second-order valence-electron chi connectivity index (χ2n) is 5.26. The lowest BCUT2D eigenvalue weighted by atomic mass is 10.0. The first-order valence-electron chi connectivity index (χ1n) is 6.82. The van der Waals surface area contributed by atoms with Crippen molar-refractivity contribution in [2.45, 2.75) is 26.1 Å². The molecular weight excluding hydrogens is 309 g/mol. The molecule has 2 rings (SSSR count). The molecule has 1 atom stereocenters. The van der Waals surface area contributed by atoms with Crippen molar-refractivity contribution >= 4 is 5.91 Å². The number of benzene rings is 1. The molecule has 7 heteroatoms. The molecular formula is C16H15F3N2O2. The Labute approximate surface area is 130 Å². The molecule has 122 valence electrons. The first-order valence-corrected chi connectivity index (χ1v) is 6.82. The molecule has 0 radical (unpaired) electrons. The quantitative estimate of drug-likeness (QED) is 0.911. The zero-order valence-corrected chi connectivity index (χ0v) is 12.5. The normalized spacial score (nSPS) is 12.7. The Bertz CT molecular complexity index is 781. The molecule has 0 aliphatic carbocycles. The molecule has 0 bridgehead atoms. The summed E-state index contributed by atoms with van der Waals surface area (Å²) >= 11 is 0. The van der Waals surface area contributed by atoms with Gasteiger partial charge in [-0.1, -0.05) is 29.8 Å². The van der Waals surface area contributed by atoms with Gasteiger partial charge in [0.1, 0.15) is 5.56 Å². The molecule has 2 N–H and O–H groups in total. The van der Waals surface area contributed by atoms with Crippen molar-refractivity contribution in [1.82, 2.24) is 10.3 Å². The van der Waals surface area contributed by atoms with Crippen LogP contribution in [0.4, 0.5) is 13.2 Å². The van der Waals surface area contributed by atoms with Gasteiger partial charge >= 0.3 is 6.18 Å². The Hall–Kier alpha value is -2.57. The third kappa shape index (κ3) is 4.00. The van der Waals surface area contributed by atoms with E-state index in [1.54, 1.807) is 19.9 Å². The number of halogens is 3. The molecule has 0 fully saturated rings. The zero-order chi connectivity index (χ0) is 17.2. The fraction of sp³-hybridized carbons (Fsp3) is 0.250. The summed E-state index contributed by atoms with van der Waals surface area (Å²) in [4.78, 5) is 26.4. The van der Waals surface area contributed by atoms with Crippen LogP contribution in [0.25, 0.3) is 0 Å². The van der Waals surface area contributed by atoms with Crippen LogP contribution in [-0.4, -0.2) is 17.1 Å². The van der Waals surface area contributed by atoms with Gasteiger partial charge in [0.15, 0.2) is 11.5 Å². The molecule has 4 nitrogen and oxygen atoms in total. The Morgan fingerprint density at radius 3 is 2.48 bits per heavy atom. The van der Waals surface area contributed by atoms with Crippen LogP contribution in [0.1, 0.15) is 33.2 Å². The van der Waals surface area contributed by atoms with Gasteiger partial charge in [-0.3, -0.25) is 9.59 Å². The number of hydrogen-bond acceptors (Lipinski definition) is 2. The standard InChI is InChI=1S/C16H15F3N2O2/c1-9-4-3-5-11(6-9)14(16(17,18)19)21-15(23)12-8-20-10(2)7-13(12)22/h3-8,14H,1-2H3,(H,20,22)(H,21,23). The van der Waals surface area contributed by atoms with Crippen LogP contribution in [-0.2, 0) is 0 Å². The molecule has 0 saturated carbocycles. The summed E-state index contributed by atoms with van der Waals surface area (Å²) in [7, 11) is 0. The first kappa shape index (κ1) is 16.8. The predicted octanol–water partition coefficient (Wildman–Crippen LogP) is 3.03. The van der Waals surface area contributed by atoms with Crippen molar-refractivity contribution in [2.24, 2.45) is 0 Å². The van der Waals surface area contributed by atoms with E-state index in [9.17, 15) is 22.8 Å². The Balaban J connectivity index is 2.35. The van der Waals surface area contributed by atoms with Gasteiger partial charge in [0, 0.05) is 18.0 Å². The van der Waals surface area contributed by atoms with Crippen LogP contribution in [0.15, 0.2) is 41.3 Å².